The lowest BCUT2D eigenvalue weighted by molar-refractivity contribution is 0.603. The van der Waals surface area contributed by atoms with E-state index in [0.29, 0.717) is 21.5 Å². The van der Waals surface area contributed by atoms with Gasteiger partial charge in [0, 0.05) is 18.1 Å². The van der Waals surface area contributed by atoms with Crippen molar-refractivity contribution in [1.82, 2.24) is 9.55 Å². The van der Waals surface area contributed by atoms with Crippen LogP contribution in [-0.2, 0) is 13.0 Å². The fraction of sp³-hybridized carbons (Fsp3) is 0.222. The van der Waals surface area contributed by atoms with Crippen LogP contribution in [0.25, 0.3) is 11.0 Å². The fourth-order valence-electron chi connectivity index (χ4n) is 3.33. The molecule has 0 atom stereocenters. The number of hydrogen-bond acceptors (Lipinski definition) is 3. The monoisotopic (exact) mass is 390 g/mol. The van der Waals surface area contributed by atoms with E-state index >= 15 is 0 Å². The van der Waals surface area contributed by atoms with Gasteiger partial charge in [-0.2, -0.15) is 5.26 Å². The average molecular weight is 392 g/mol. The number of fused-ring (bicyclic) bond motifs is 3. The summed E-state index contributed by atoms with van der Waals surface area (Å²) < 4.78 is 2.13. The first-order valence-corrected chi connectivity index (χ1v) is 9.00. The molecule has 126 valence electrons. The van der Waals surface area contributed by atoms with Gasteiger partial charge in [0.25, 0.3) is 0 Å². The van der Waals surface area contributed by atoms with E-state index in [2.05, 4.69) is 15.5 Å². The smallest absolute Gasteiger partial charge is 0.211 e. The minimum Gasteiger partial charge on any atom is -0.310 e. The molecule has 3 aromatic rings. The minimum absolute atomic E-state index is 0.320. The van der Waals surface area contributed by atoms with E-state index in [1.54, 1.807) is 12.1 Å². The third kappa shape index (κ3) is 2.73. The predicted molar refractivity (Wildman–Crippen MR) is 102 cm³/mol. The number of nitrogens with zero attached hydrogens (tertiary/aromatic N) is 4. The van der Waals surface area contributed by atoms with Crippen LogP contribution in [0.15, 0.2) is 30.3 Å². The Morgan fingerprint density at radius 1 is 1.08 bits per heavy atom. The van der Waals surface area contributed by atoms with Gasteiger partial charge in [-0.05, 0) is 36.2 Å². The molecule has 4 rings (SSSR count). The first-order valence-electron chi connectivity index (χ1n) is 7.87. The lowest BCUT2D eigenvalue weighted by atomic mass is 10.1. The standard InChI is InChI=1S/C18H13Cl3N4/c19-12-3-5-15(14(21)10-12)24-8-1-9-25-17-11(6-7-22)2-4-13(20)16(17)23-18(24)25/h2-5,10H,1,6,8-9H2. The van der Waals surface area contributed by atoms with E-state index in [1.807, 2.05) is 18.2 Å². The van der Waals surface area contributed by atoms with Gasteiger partial charge in [-0.3, -0.25) is 0 Å². The van der Waals surface area contributed by atoms with E-state index in [1.165, 1.54) is 0 Å². The molecular weight excluding hydrogens is 379 g/mol. The number of rotatable bonds is 2. The van der Waals surface area contributed by atoms with Crippen molar-refractivity contribution in [1.29, 1.82) is 5.26 Å². The van der Waals surface area contributed by atoms with Gasteiger partial charge in [-0.15, -0.1) is 0 Å². The van der Waals surface area contributed by atoms with E-state index in [4.69, 9.17) is 45.0 Å². The lowest BCUT2D eigenvalue weighted by Crippen LogP contribution is -2.28. The molecule has 1 aliphatic heterocycles. The third-order valence-electron chi connectivity index (χ3n) is 4.38. The summed E-state index contributed by atoms with van der Waals surface area (Å²) in [5.74, 6) is 0.790. The predicted octanol–water partition coefficient (Wildman–Crippen LogP) is 5.60. The number of anilines is 2. The van der Waals surface area contributed by atoms with E-state index in [0.717, 1.165) is 47.7 Å². The third-order valence-corrected chi connectivity index (χ3v) is 5.23. The van der Waals surface area contributed by atoms with E-state index in [9.17, 15) is 0 Å². The van der Waals surface area contributed by atoms with Crippen LogP contribution in [0.3, 0.4) is 0 Å². The molecular formula is C18H13Cl3N4. The summed E-state index contributed by atoms with van der Waals surface area (Å²) in [5.41, 5.74) is 3.45. The first kappa shape index (κ1) is 16.5. The Hall–Kier alpha value is -1.93. The number of aryl methyl sites for hydroxylation is 1. The highest BCUT2D eigenvalue weighted by Crippen LogP contribution is 2.39. The topological polar surface area (TPSA) is 44.9 Å². The Morgan fingerprint density at radius 2 is 1.92 bits per heavy atom. The van der Waals surface area contributed by atoms with Gasteiger partial charge >= 0.3 is 0 Å². The average Bonchev–Trinajstić information content (AvgIpc) is 2.99. The molecule has 0 radical (unpaired) electrons. The molecule has 0 aliphatic carbocycles. The van der Waals surface area contributed by atoms with Gasteiger partial charge in [0.2, 0.25) is 5.95 Å². The molecule has 0 spiro atoms. The maximum absolute atomic E-state index is 9.13. The van der Waals surface area contributed by atoms with E-state index in [-0.39, 0.29) is 0 Å². The second-order valence-electron chi connectivity index (χ2n) is 5.90. The van der Waals surface area contributed by atoms with Crippen molar-refractivity contribution in [2.75, 3.05) is 11.4 Å². The molecule has 1 aliphatic rings. The van der Waals surface area contributed by atoms with Gasteiger partial charge in [0.1, 0.15) is 5.52 Å². The van der Waals surface area contributed by atoms with Crippen LogP contribution in [0.1, 0.15) is 12.0 Å². The molecule has 7 heteroatoms. The summed E-state index contributed by atoms with van der Waals surface area (Å²) in [6.45, 7) is 1.63. The van der Waals surface area contributed by atoms with Crippen molar-refractivity contribution in [2.45, 2.75) is 19.4 Å². The van der Waals surface area contributed by atoms with Crippen molar-refractivity contribution >= 4 is 57.5 Å². The summed E-state index contributed by atoms with van der Waals surface area (Å²) in [4.78, 5) is 6.85. The second kappa shape index (κ2) is 6.42. The molecule has 4 nitrogen and oxygen atoms in total. The number of hydrogen-bond donors (Lipinski definition) is 0. The second-order valence-corrected chi connectivity index (χ2v) is 7.15. The number of benzene rings is 2. The molecule has 2 aromatic carbocycles. The van der Waals surface area contributed by atoms with Crippen LogP contribution in [0, 0.1) is 11.3 Å². The summed E-state index contributed by atoms with van der Waals surface area (Å²) in [6, 6.07) is 11.4. The van der Waals surface area contributed by atoms with Crippen LogP contribution >= 0.6 is 34.8 Å². The molecule has 2 heterocycles. The highest BCUT2D eigenvalue weighted by molar-refractivity contribution is 6.36. The molecule has 0 fully saturated rings. The highest BCUT2D eigenvalue weighted by Gasteiger charge is 2.26. The zero-order chi connectivity index (χ0) is 17.6. The molecule has 0 unspecified atom stereocenters. The van der Waals surface area contributed by atoms with Crippen LogP contribution in [0.5, 0.6) is 0 Å². The van der Waals surface area contributed by atoms with Crippen LogP contribution in [0.4, 0.5) is 11.6 Å². The maximum Gasteiger partial charge on any atom is 0.211 e. The first-order chi connectivity index (χ1) is 12.1. The summed E-state index contributed by atoms with van der Waals surface area (Å²) in [6.07, 6.45) is 1.26. The molecule has 0 N–H and O–H groups in total. The van der Waals surface area contributed by atoms with Crippen molar-refractivity contribution in [3.8, 4) is 6.07 Å². The van der Waals surface area contributed by atoms with Gasteiger partial charge in [-0.25, -0.2) is 4.98 Å². The van der Waals surface area contributed by atoms with Crippen LogP contribution < -0.4 is 4.90 Å². The number of imidazole rings is 1. The number of nitriles is 1. The summed E-state index contributed by atoms with van der Waals surface area (Å²) in [5, 5.41) is 10.9. The zero-order valence-corrected chi connectivity index (χ0v) is 15.4. The molecule has 0 bridgehead atoms. The van der Waals surface area contributed by atoms with Crippen molar-refractivity contribution in [2.24, 2.45) is 0 Å². The Kier molecular flexibility index (Phi) is 4.24. The summed E-state index contributed by atoms with van der Waals surface area (Å²) >= 11 is 18.8. The highest BCUT2D eigenvalue weighted by atomic mass is 35.5. The summed E-state index contributed by atoms with van der Waals surface area (Å²) in [7, 11) is 0. The van der Waals surface area contributed by atoms with Crippen LogP contribution in [0.2, 0.25) is 15.1 Å². The molecule has 1 aromatic heterocycles. The SMILES string of the molecule is N#CCc1ccc(Cl)c2nc3n(c12)CCCN3c1ccc(Cl)cc1Cl. The normalized spacial score (nSPS) is 13.8. The van der Waals surface area contributed by atoms with Crippen molar-refractivity contribution < 1.29 is 0 Å². The fourth-order valence-corrected chi connectivity index (χ4v) is 4.03. The molecule has 0 saturated carbocycles. The largest absolute Gasteiger partial charge is 0.310 e. The Labute approximate surface area is 160 Å². The molecule has 25 heavy (non-hydrogen) atoms. The van der Waals surface area contributed by atoms with Crippen molar-refractivity contribution in [3.05, 3.63) is 51.0 Å². The van der Waals surface area contributed by atoms with Crippen LogP contribution in [-0.4, -0.2) is 16.1 Å². The van der Waals surface area contributed by atoms with Gasteiger partial charge < -0.3 is 9.47 Å². The van der Waals surface area contributed by atoms with Gasteiger partial charge in [-0.1, -0.05) is 40.9 Å². The Bertz CT molecular complexity index is 1020. The number of halogens is 3. The zero-order valence-electron chi connectivity index (χ0n) is 13.1. The van der Waals surface area contributed by atoms with Gasteiger partial charge in [0.05, 0.1) is 33.7 Å². The van der Waals surface area contributed by atoms with Gasteiger partial charge in [0.15, 0.2) is 0 Å². The van der Waals surface area contributed by atoms with E-state index < -0.39 is 0 Å². The Balaban J connectivity index is 1.95. The molecule has 0 saturated heterocycles. The maximum atomic E-state index is 9.13. The van der Waals surface area contributed by atoms with Crippen molar-refractivity contribution in [3.63, 3.8) is 0 Å². The Morgan fingerprint density at radius 3 is 2.68 bits per heavy atom. The quantitative estimate of drug-likeness (QED) is 0.571. The molecule has 0 amide bonds. The lowest BCUT2D eigenvalue weighted by Gasteiger charge is -2.30. The number of aromatic nitrogens is 2. The minimum atomic E-state index is 0.320.